The number of nitrogens with two attached hydrogens (primary N) is 1. The van der Waals surface area contributed by atoms with Crippen LogP contribution in [0.2, 0.25) is 0 Å². The number of amidine groups is 1. The smallest absolute Gasteiger partial charge is 0.234 e. The van der Waals surface area contributed by atoms with Gasteiger partial charge in [0.25, 0.3) is 0 Å². The molecule has 0 spiro atoms. The van der Waals surface area contributed by atoms with Crippen LogP contribution in [0.15, 0.2) is 5.16 Å². The van der Waals surface area contributed by atoms with Gasteiger partial charge in [0.05, 0.1) is 0 Å². The van der Waals surface area contributed by atoms with Gasteiger partial charge in [-0.1, -0.05) is 12.1 Å². The van der Waals surface area contributed by atoms with Crippen LogP contribution in [-0.4, -0.2) is 49.9 Å². The fourth-order valence-corrected chi connectivity index (χ4v) is 2.92. The average molecular weight is 299 g/mol. The van der Waals surface area contributed by atoms with Crippen LogP contribution in [0.4, 0.5) is 0 Å². The maximum absolute atomic E-state index is 12.6. The summed E-state index contributed by atoms with van der Waals surface area (Å²) in [6, 6.07) is 0. The Morgan fingerprint density at radius 1 is 1.19 bits per heavy atom. The van der Waals surface area contributed by atoms with Gasteiger partial charge < -0.3 is 25.7 Å². The lowest BCUT2D eigenvalue weighted by atomic mass is 9.77. The van der Waals surface area contributed by atoms with Gasteiger partial charge in [-0.2, -0.15) is 0 Å². The van der Waals surface area contributed by atoms with Crippen LogP contribution < -0.4 is 11.1 Å². The van der Waals surface area contributed by atoms with Crippen molar-refractivity contribution >= 4 is 11.7 Å². The number of carbonyl (C=O) groups is 1. The average Bonchev–Trinajstić information content (AvgIpc) is 2.53. The van der Waals surface area contributed by atoms with Crippen molar-refractivity contribution in [3.8, 4) is 0 Å². The van der Waals surface area contributed by atoms with Crippen LogP contribution in [-0.2, 0) is 14.3 Å². The van der Waals surface area contributed by atoms with Crippen LogP contribution in [0.3, 0.4) is 0 Å². The van der Waals surface area contributed by atoms with Crippen LogP contribution in [0.25, 0.3) is 0 Å². The Bertz CT molecular complexity index is 399. The minimum atomic E-state index is -0.950. The molecule has 0 unspecified atom stereocenters. The molecule has 2 aliphatic heterocycles. The molecule has 0 aromatic heterocycles. The summed E-state index contributed by atoms with van der Waals surface area (Å²) >= 11 is 0. The van der Waals surface area contributed by atoms with Crippen molar-refractivity contribution in [2.45, 2.75) is 32.6 Å². The lowest BCUT2D eigenvalue weighted by Crippen LogP contribution is -2.54. The highest BCUT2D eigenvalue weighted by molar-refractivity contribution is 6.06. The molecule has 0 bridgehead atoms. The maximum Gasteiger partial charge on any atom is 0.234 e. The zero-order chi connectivity index (χ0) is 15.3. The third-order valence-corrected chi connectivity index (χ3v) is 4.75. The number of nitrogens with zero attached hydrogens (tertiary/aromatic N) is 1. The van der Waals surface area contributed by atoms with Gasteiger partial charge in [0, 0.05) is 33.0 Å². The molecular formula is C14H25N3O4. The first-order valence-electron chi connectivity index (χ1n) is 7.44. The molecule has 7 nitrogen and oxygen atoms in total. The SMILES string of the molecule is CC1(CNC(=O)C2(C(N)=NO)CCOCC2)CCOCC1. The predicted molar refractivity (Wildman–Crippen MR) is 77.1 cm³/mol. The summed E-state index contributed by atoms with van der Waals surface area (Å²) in [4.78, 5) is 12.6. The van der Waals surface area contributed by atoms with Crippen molar-refractivity contribution < 1.29 is 19.5 Å². The van der Waals surface area contributed by atoms with E-state index in [0.29, 0.717) is 32.6 Å². The first-order chi connectivity index (χ1) is 10.0. The molecule has 1 amide bonds. The van der Waals surface area contributed by atoms with Gasteiger partial charge >= 0.3 is 0 Å². The summed E-state index contributed by atoms with van der Waals surface area (Å²) in [6.45, 7) is 5.06. The Hall–Kier alpha value is -1.34. The lowest BCUT2D eigenvalue weighted by molar-refractivity contribution is -0.132. The van der Waals surface area contributed by atoms with E-state index < -0.39 is 5.41 Å². The second-order valence-corrected chi connectivity index (χ2v) is 6.29. The van der Waals surface area contributed by atoms with E-state index in [4.69, 9.17) is 20.4 Å². The monoisotopic (exact) mass is 299 g/mol. The van der Waals surface area contributed by atoms with Crippen molar-refractivity contribution in [3.63, 3.8) is 0 Å². The molecule has 0 atom stereocenters. The number of carbonyl (C=O) groups excluding carboxylic acids is 1. The third-order valence-electron chi connectivity index (χ3n) is 4.75. The minimum absolute atomic E-state index is 0.0274. The van der Waals surface area contributed by atoms with Crippen LogP contribution in [0.1, 0.15) is 32.6 Å². The number of amides is 1. The van der Waals surface area contributed by atoms with Gasteiger partial charge in [-0.15, -0.1) is 0 Å². The van der Waals surface area contributed by atoms with E-state index in [9.17, 15) is 4.79 Å². The molecular weight excluding hydrogens is 274 g/mol. The van der Waals surface area contributed by atoms with Crippen molar-refractivity contribution in [1.82, 2.24) is 5.32 Å². The van der Waals surface area contributed by atoms with E-state index in [2.05, 4.69) is 17.4 Å². The Labute approximate surface area is 124 Å². The van der Waals surface area contributed by atoms with Crippen LogP contribution in [0.5, 0.6) is 0 Å². The normalized spacial score (nSPS) is 25.3. The zero-order valence-corrected chi connectivity index (χ0v) is 12.6. The largest absolute Gasteiger partial charge is 0.409 e. The second kappa shape index (κ2) is 6.62. The first-order valence-corrected chi connectivity index (χ1v) is 7.44. The van der Waals surface area contributed by atoms with Gasteiger partial charge in [-0.25, -0.2) is 0 Å². The fraction of sp³-hybridized carbons (Fsp3) is 0.857. The summed E-state index contributed by atoms with van der Waals surface area (Å²) in [6.07, 6.45) is 2.73. The van der Waals surface area contributed by atoms with Gasteiger partial charge in [-0.05, 0) is 31.1 Å². The molecule has 4 N–H and O–H groups in total. The first kappa shape index (κ1) is 16.0. The van der Waals surface area contributed by atoms with Crippen molar-refractivity contribution in [2.24, 2.45) is 21.7 Å². The van der Waals surface area contributed by atoms with E-state index >= 15 is 0 Å². The van der Waals surface area contributed by atoms with E-state index in [1.165, 1.54) is 0 Å². The van der Waals surface area contributed by atoms with Crippen LogP contribution >= 0.6 is 0 Å². The zero-order valence-electron chi connectivity index (χ0n) is 12.6. The quantitative estimate of drug-likeness (QED) is 0.303. The Morgan fingerprint density at radius 3 is 2.24 bits per heavy atom. The number of rotatable bonds is 4. The summed E-state index contributed by atoms with van der Waals surface area (Å²) in [7, 11) is 0. The molecule has 2 heterocycles. The Balaban J connectivity index is 2.02. The number of hydrogen-bond acceptors (Lipinski definition) is 5. The van der Waals surface area contributed by atoms with Gasteiger partial charge in [-0.3, -0.25) is 4.79 Å². The topological polar surface area (TPSA) is 106 Å². The lowest BCUT2D eigenvalue weighted by Gasteiger charge is -2.37. The standard InChI is InChI=1S/C14H25N3O4/c1-13(2-6-20-7-3-13)10-16-12(18)14(11(15)17-19)4-8-21-9-5-14/h19H,2-10H2,1H3,(H2,15,17)(H,16,18). The van der Waals surface area contributed by atoms with E-state index in [1.807, 2.05) is 0 Å². The number of nitrogens with one attached hydrogen (secondary N) is 1. The van der Waals surface area contributed by atoms with Crippen molar-refractivity contribution in [2.75, 3.05) is 33.0 Å². The number of oxime groups is 1. The molecule has 0 aromatic carbocycles. The van der Waals surface area contributed by atoms with Gasteiger partial charge in [0.2, 0.25) is 5.91 Å². The van der Waals surface area contributed by atoms with E-state index in [1.54, 1.807) is 0 Å². The maximum atomic E-state index is 12.6. The highest BCUT2D eigenvalue weighted by Gasteiger charge is 2.45. The van der Waals surface area contributed by atoms with E-state index in [-0.39, 0.29) is 17.2 Å². The molecule has 0 radical (unpaired) electrons. The van der Waals surface area contributed by atoms with Gasteiger partial charge in [0.1, 0.15) is 5.41 Å². The number of ether oxygens (including phenoxy) is 2. The molecule has 0 saturated carbocycles. The highest BCUT2D eigenvalue weighted by atomic mass is 16.5. The van der Waals surface area contributed by atoms with E-state index in [0.717, 1.165) is 26.1 Å². The third kappa shape index (κ3) is 3.47. The van der Waals surface area contributed by atoms with Gasteiger partial charge in [0.15, 0.2) is 5.84 Å². The molecule has 2 fully saturated rings. The van der Waals surface area contributed by atoms with Crippen molar-refractivity contribution in [1.29, 1.82) is 0 Å². The van der Waals surface area contributed by atoms with Crippen LogP contribution in [0, 0.1) is 10.8 Å². The molecule has 120 valence electrons. The second-order valence-electron chi connectivity index (χ2n) is 6.29. The molecule has 2 saturated heterocycles. The number of hydrogen-bond donors (Lipinski definition) is 3. The summed E-state index contributed by atoms with van der Waals surface area (Å²) in [5.41, 5.74) is 4.89. The molecule has 0 aromatic rings. The fourth-order valence-electron chi connectivity index (χ4n) is 2.92. The van der Waals surface area contributed by atoms with Crippen molar-refractivity contribution in [3.05, 3.63) is 0 Å². The Morgan fingerprint density at radius 2 is 1.71 bits per heavy atom. The minimum Gasteiger partial charge on any atom is -0.409 e. The molecule has 7 heteroatoms. The molecule has 21 heavy (non-hydrogen) atoms. The molecule has 2 aliphatic rings. The summed E-state index contributed by atoms with van der Waals surface area (Å²) in [5.74, 6) is -0.200. The summed E-state index contributed by atoms with van der Waals surface area (Å²) < 4.78 is 10.7. The highest BCUT2D eigenvalue weighted by Crippen LogP contribution is 2.33. The molecule has 2 rings (SSSR count). The predicted octanol–water partition coefficient (Wildman–Crippen LogP) is 0.463. The molecule has 0 aliphatic carbocycles. The summed E-state index contributed by atoms with van der Waals surface area (Å²) in [5, 5.41) is 15.1. The Kier molecular flexibility index (Phi) is 5.05.